The van der Waals surface area contributed by atoms with Gasteiger partial charge in [0, 0.05) is 24.2 Å². The van der Waals surface area contributed by atoms with E-state index < -0.39 is 18.1 Å². The van der Waals surface area contributed by atoms with Crippen LogP contribution in [-0.2, 0) is 9.53 Å². The minimum absolute atomic E-state index is 0.548. The Morgan fingerprint density at radius 2 is 1.59 bits per heavy atom. The molecule has 1 aliphatic heterocycles. The highest BCUT2D eigenvalue weighted by Crippen LogP contribution is 2.41. The summed E-state index contributed by atoms with van der Waals surface area (Å²) >= 11 is 0. The number of ether oxygens (including phenoxy) is 1. The van der Waals surface area contributed by atoms with E-state index in [9.17, 15) is 9.90 Å². The van der Waals surface area contributed by atoms with Gasteiger partial charge >= 0.3 is 5.97 Å². The predicted octanol–water partition coefficient (Wildman–Crippen LogP) is 4.23. The first-order valence-corrected chi connectivity index (χ1v) is 10.3. The van der Waals surface area contributed by atoms with Crippen LogP contribution in [0.3, 0.4) is 0 Å². The molecule has 0 spiro atoms. The van der Waals surface area contributed by atoms with Gasteiger partial charge in [-0.3, -0.25) is 4.79 Å². The molecular weight excluding hydrogens is 364 g/mol. The SMILES string of the molecule is CCN(CC)CCN1C(c2ccccc2)=C(c2ccccc2)OC1C(C)C(=O)O. The lowest BCUT2D eigenvalue weighted by Gasteiger charge is -2.32. The number of aliphatic carboxylic acids is 1. The minimum atomic E-state index is -0.857. The summed E-state index contributed by atoms with van der Waals surface area (Å²) in [6.07, 6.45) is -0.548. The molecule has 5 nitrogen and oxygen atoms in total. The maximum absolute atomic E-state index is 11.8. The van der Waals surface area contributed by atoms with Crippen LogP contribution in [0, 0.1) is 5.92 Å². The maximum Gasteiger partial charge on any atom is 0.311 e. The highest BCUT2D eigenvalue weighted by molar-refractivity contribution is 5.89. The van der Waals surface area contributed by atoms with E-state index >= 15 is 0 Å². The van der Waals surface area contributed by atoms with Crippen LogP contribution in [0.2, 0.25) is 0 Å². The summed E-state index contributed by atoms with van der Waals surface area (Å²) in [6, 6.07) is 20.0. The molecule has 2 aromatic rings. The van der Waals surface area contributed by atoms with Crippen LogP contribution in [-0.4, -0.2) is 53.3 Å². The first-order valence-electron chi connectivity index (χ1n) is 10.3. The monoisotopic (exact) mass is 394 g/mol. The molecule has 0 radical (unpaired) electrons. The first kappa shape index (κ1) is 20.9. The summed E-state index contributed by atoms with van der Waals surface area (Å²) in [7, 11) is 0. The number of nitrogens with zero attached hydrogens (tertiary/aromatic N) is 2. The Hall–Kier alpha value is -2.79. The molecule has 0 saturated heterocycles. The zero-order valence-corrected chi connectivity index (χ0v) is 17.4. The van der Waals surface area contributed by atoms with Crippen LogP contribution in [0.1, 0.15) is 31.9 Å². The largest absolute Gasteiger partial charge is 0.481 e. The van der Waals surface area contributed by atoms with Crippen molar-refractivity contribution >= 4 is 17.4 Å². The lowest BCUT2D eigenvalue weighted by Crippen LogP contribution is -2.43. The standard InChI is InChI=1S/C24H30N2O3/c1-4-25(5-2)16-17-26-21(19-12-8-6-9-13-19)22(20-14-10-7-11-15-20)29-23(26)18(3)24(27)28/h6-15,18,23H,4-5,16-17H2,1-3H3,(H,27,28). The molecule has 0 bridgehead atoms. The van der Waals surface area contributed by atoms with Crippen molar-refractivity contribution in [1.29, 1.82) is 0 Å². The molecule has 0 amide bonds. The van der Waals surface area contributed by atoms with E-state index in [2.05, 4.69) is 35.8 Å². The molecule has 154 valence electrons. The fourth-order valence-corrected chi connectivity index (χ4v) is 3.71. The van der Waals surface area contributed by atoms with Crippen LogP contribution >= 0.6 is 0 Å². The Morgan fingerprint density at radius 1 is 1.03 bits per heavy atom. The van der Waals surface area contributed by atoms with E-state index in [0.717, 1.165) is 42.2 Å². The molecule has 2 aromatic carbocycles. The first-order chi connectivity index (χ1) is 14.1. The molecule has 1 aliphatic rings. The number of hydrogen-bond acceptors (Lipinski definition) is 4. The molecule has 29 heavy (non-hydrogen) atoms. The summed E-state index contributed by atoms with van der Waals surface area (Å²) < 4.78 is 6.36. The summed E-state index contributed by atoms with van der Waals surface area (Å²) in [5, 5.41) is 9.71. The fourth-order valence-electron chi connectivity index (χ4n) is 3.71. The number of hydrogen-bond donors (Lipinski definition) is 1. The summed E-state index contributed by atoms with van der Waals surface area (Å²) in [6.45, 7) is 9.46. The van der Waals surface area contributed by atoms with Crippen molar-refractivity contribution in [3.8, 4) is 0 Å². The molecule has 3 rings (SSSR count). The summed E-state index contributed by atoms with van der Waals surface area (Å²) in [4.78, 5) is 16.3. The average molecular weight is 395 g/mol. The van der Waals surface area contributed by atoms with Crippen molar-refractivity contribution in [1.82, 2.24) is 9.80 Å². The number of carbonyl (C=O) groups is 1. The second-order valence-electron chi connectivity index (χ2n) is 7.27. The number of carboxylic acids is 1. The molecular formula is C24H30N2O3. The normalized spacial score (nSPS) is 17.5. The van der Waals surface area contributed by atoms with Crippen molar-refractivity contribution in [2.45, 2.75) is 27.0 Å². The third kappa shape index (κ3) is 4.62. The molecule has 0 fully saturated rings. The van der Waals surface area contributed by atoms with Gasteiger partial charge in [-0.25, -0.2) is 0 Å². The third-order valence-electron chi connectivity index (χ3n) is 5.50. The van der Waals surface area contributed by atoms with Gasteiger partial charge in [0.1, 0.15) is 5.92 Å². The Bertz CT molecular complexity index is 832. The minimum Gasteiger partial charge on any atom is -0.481 e. The molecule has 1 N–H and O–H groups in total. The van der Waals surface area contributed by atoms with Gasteiger partial charge in [-0.15, -0.1) is 0 Å². The predicted molar refractivity (Wildman–Crippen MR) is 116 cm³/mol. The zero-order chi connectivity index (χ0) is 20.8. The van der Waals surface area contributed by atoms with Crippen molar-refractivity contribution in [2.24, 2.45) is 5.92 Å². The van der Waals surface area contributed by atoms with Crippen molar-refractivity contribution in [3.05, 3.63) is 71.8 Å². The van der Waals surface area contributed by atoms with Gasteiger partial charge in [0.15, 0.2) is 12.0 Å². The molecule has 0 saturated carbocycles. The maximum atomic E-state index is 11.8. The van der Waals surface area contributed by atoms with Crippen molar-refractivity contribution < 1.29 is 14.6 Å². The van der Waals surface area contributed by atoms with Crippen LogP contribution < -0.4 is 0 Å². The second-order valence-corrected chi connectivity index (χ2v) is 7.27. The smallest absolute Gasteiger partial charge is 0.311 e. The van der Waals surface area contributed by atoms with E-state index in [1.54, 1.807) is 6.92 Å². The van der Waals surface area contributed by atoms with E-state index in [1.807, 2.05) is 48.5 Å². The lowest BCUT2D eigenvalue weighted by molar-refractivity contribution is -0.147. The Labute approximate surface area is 173 Å². The van der Waals surface area contributed by atoms with Gasteiger partial charge in [0.25, 0.3) is 0 Å². The zero-order valence-electron chi connectivity index (χ0n) is 17.4. The van der Waals surface area contributed by atoms with E-state index in [4.69, 9.17) is 4.74 Å². The summed E-state index contributed by atoms with van der Waals surface area (Å²) in [5.74, 6) is -0.773. The van der Waals surface area contributed by atoms with E-state index in [-0.39, 0.29) is 0 Å². The Kier molecular flexibility index (Phi) is 6.94. The lowest BCUT2D eigenvalue weighted by atomic mass is 10.0. The molecule has 5 heteroatoms. The third-order valence-corrected chi connectivity index (χ3v) is 5.50. The highest BCUT2D eigenvalue weighted by atomic mass is 16.5. The van der Waals surface area contributed by atoms with Crippen LogP contribution in [0.5, 0.6) is 0 Å². The van der Waals surface area contributed by atoms with E-state index in [1.165, 1.54) is 0 Å². The number of carboxylic acid groups (broad SMARTS) is 1. The quantitative estimate of drug-likeness (QED) is 0.690. The number of benzene rings is 2. The van der Waals surface area contributed by atoms with Gasteiger partial charge in [-0.2, -0.15) is 0 Å². The second kappa shape index (κ2) is 9.61. The van der Waals surface area contributed by atoms with Crippen molar-refractivity contribution in [2.75, 3.05) is 26.2 Å². The van der Waals surface area contributed by atoms with Gasteiger partial charge in [0.2, 0.25) is 0 Å². The van der Waals surface area contributed by atoms with Crippen molar-refractivity contribution in [3.63, 3.8) is 0 Å². The summed E-state index contributed by atoms with van der Waals surface area (Å²) in [5.41, 5.74) is 2.95. The fraction of sp³-hybridized carbons (Fsp3) is 0.375. The van der Waals surface area contributed by atoms with Gasteiger partial charge in [-0.05, 0) is 20.0 Å². The van der Waals surface area contributed by atoms with Gasteiger partial charge in [-0.1, -0.05) is 74.5 Å². The van der Waals surface area contributed by atoms with Crippen LogP contribution in [0.4, 0.5) is 0 Å². The Morgan fingerprint density at radius 3 is 2.10 bits per heavy atom. The molecule has 2 unspecified atom stereocenters. The average Bonchev–Trinajstić information content (AvgIpc) is 3.14. The van der Waals surface area contributed by atoms with Gasteiger partial charge < -0.3 is 19.6 Å². The molecule has 0 aliphatic carbocycles. The van der Waals surface area contributed by atoms with Gasteiger partial charge in [0.05, 0.1) is 5.70 Å². The molecule has 0 aromatic heterocycles. The topological polar surface area (TPSA) is 53.0 Å². The number of rotatable bonds is 9. The number of likely N-dealkylation sites (N-methyl/N-ethyl adjacent to an activating group) is 1. The molecule has 1 heterocycles. The molecule has 2 atom stereocenters. The van der Waals surface area contributed by atoms with Crippen LogP contribution in [0.25, 0.3) is 11.5 Å². The van der Waals surface area contributed by atoms with E-state index in [0.29, 0.717) is 6.54 Å². The Balaban J connectivity index is 2.07. The van der Waals surface area contributed by atoms with Crippen LogP contribution in [0.15, 0.2) is 60.7 Å². The highest BCUT2D eigenvalue weighted by Gasteiger charge is 2.40.